The van der Waals surface area contributed by atoms with Crippen LogP contribution in [0.5, 0.6) is 5.75 Å². The molecule has 2 heterocycles. The summed E-state index contributed by atoms with van der Waals surface area (Å²) in [6.07, 6.45) is 1.06. The first kappa shape index (κ1) is 26.2. The number of amides is 1. The average Bonchev–Trinajstić information content (AvgIpc) is 2.75. The molecular formula is C23H29N3O8S. The summed E-state index contributed by atoms with van der Waals surface area (Å²) >= 11 is 0. The van der Waals surface area contributed by atoms with Gasteiger partial charge in [0.2, 0.25) is 5.69 Å². The van der Waals surface area contributed by atoms with Gasteiger partial charge in [-0.15, -0.1) is 0 Å². The fourth-order valence-electron chi connectivity index (χ4n) is 3.57. The number of piperidine rings is 1. The van der Waals surface area contributed by atoms with Gasteiger partial charge in [0.15, 0.2) is 15.6 Å². The van der Waals surface area contributed by atoms with Gasteiger partial charge in [-0.1, -0.05) is 0 Å². The van der Waals surface area contributed by atoms with Crippen LogP contribution >= 0.6 is 0 Å². The molecule has 1 fully saturated rings. The Morgan fingerprint density at radius 2 is 1.69 bits per heavy atom. The maximum Gasteiger partial charge on any atom is 0.410 e. The van der Waals surface area contributed by atoms with Crippen LogP contribution in [0.2, 0.25) is 0 Å². The molecule has 0 spiro atoms. The molecular weight excluding hydrogens is 478 g/mol. The van der Waals surface area contributed by atoms with Crippen molar-refractivity contribution in [2.24, 2.45) is 0 Å². The van der Waals surface area contributed by atoms with Gasteiger partial charge < -0.3 is 19.5 Å². The van der Waals surface area contributed by atoms with Crippen molar-refractivity contribution in [3.05, 3.63) is 45.9 Å². The molecule has 1 aliphatic heterocycles. The second-order valence-corrected chi connectivity index (χ2v) is 11.4. The third kappa shape index (κ3) is 6.18. The van der Waals surface area contributed by atoms with Crippen molar-refractivity contribution in [3.8, 4) is 11.4 Å². The van der Waals surface area contributed by atoms with Crippen LogP contribution in [-0.2, 0) is 14.6 Å². The molecule has 1 aromatic carbocycles. The molecule has 190 valence electrons. The smallest absolute Gasteiger partial charge is 0.410 e. The van der Waals surface area contributed by atoms with E-state index in [1.807, 2.05) is 0 Å². The van der Waals surface area contributed by atoms with Crippen LogP contribution < -0.4 is 10.3 Å². The van der Waals surface area contributed by atoms with Crippen LogP contribution in [0.3, 0.4) is 0 Å². The van der Waals surface area contributed by atoms with Gasteiger partial charge in [0, 0.05) is 32.2 Å². The number of benzene rings is 1. The molecule has 12 heteroatoms. The minimum atomic E-state index is -3.44. The second kappa shape index (κ2) is 9.68. The molecule has 3 rings (SSSR count). The molecule has 0 aliphatic carbocycles. The van der Waals surface area contributed by atoms with E-state index in [0.29, 0.717) is 25.9 Å². The lowest BCUT2D eigenvalue weighted by molar-refractivity contribution is 0.0124. The molecule has 0 atom stereocenters. The third-order valence-electron chi connectivity index (χ3n) is 5.36. The van der Waals surface area contributed by atoms with Gasteiger partial charge in [0.25, 0.3) is 5.56 Å². The van der Waals surface area contributed by atoms with Crippen molar-refractivity contribution in [1.82, 2.24) is 14.7 Å². The third-order valence-corrected chi connectivity index (χ3v) is 6.49. The van der Waals surface area contributed by atoms with E-state index >= 15 is 0 Å². The van der Waals surface area contributed by atoms with Crippen molar-refractivity contribution in [2.45, 2.75) is 57.1 Å². The quantitative estimate of drug-likeness (QED) is 0.645. The van der Waals surface area contributed by atoms with Crippen LogP contribution in [0, 0.1) is 6.92 Å². The molecule has 1 saturated heterocycles. The number of carboxylic acids is 1. The first-order valence-corrected chi connectivity index (χ1v) is 12.9. The lowest BCUT2D eigenvalue weighted by atomic mass is 10.1. The maximum atomic E-state index is 13.0. The number of ether oxygens (including phenoxy) is 2. The minimum absolute atomic E-state index is 0.0548. The summed E-state index contributed by atoms with van der Waals surface area (Å²) in [6, 6.07) is 5.39. The molecule has 11 nitrogen and oxygen atoms in total. The zero-order valence-corrected chi connectivity index (χ0v) is 21.1. The van der Waals surface area contributed by atoms with Crippen molar-refractivity contribution in [3.63, 3.8) is 0 Å². The van der Waals surface area contributed by atoms with Gasteiger partial charge >= 0.3 is 12.1 Å². The highest BCUT2D eigenvalue weighted by molar-refractivity contribution is 7.90. The van der Waals surface area contributed by atoms with E-state index in [0.717, 1.165) is 10.9 Å². The first-order chi connectivity index (χ1) is 16.2. The Hall–Kier alpha value is -3.41. The summed E-state index contributed by atoms with van der Waals surface area (Å²) in [5.74, 6) is -1.50. The molecule has 1 aliphatic rings. The standard InChI is InChI=1S/C23H29N3O8S/c1-14-19(33-16-10-12-25(13-11-16)22(30)34-23(2,3)4)18(21(28)29)24-26(20(14)27)15-6-8-17(9-7-15)35(5,31)32/h6-9,16H,10-13H2,1-5H3,(H,28,29). The zero-order chi connectivity index (χ0) is 26.1. The normalized spacial score (nSPS) is 15.1. The number of hydrogen-bond acceptors (Lipinski definition) is 8. The van der Waals surface area contributed by atoms with Crippen LogP contribution in [0.15, 0.2) is 34.0 Å². The number of aromatic carboxylic acids is 1. The predicted molar refractivity (Wildman–Crippen MR) is 126 cm³/mol. The molecule has 35 heavy (non-hydrogen) atoms. The number of carbonyl (C=O) groups excluding carboxylic acids is 1. The monoisotopic (exact) mass is 507 g/mol. The predicted octanol–water partition coefficient (Wildman–Crippen LogP) is 2.42. The van der Waals surface area contributed by atoms with E-state index in [4.69, 9.17) is 9.47 Å². The van der Waals surface area contributed by atoms with E-state index in [1.54, 1.807) is 25.7 Å². The van der Waals surface area contributed by atoms with Crippen molar-refractivity contribution >= 4 is 21.9 Å². The Morgan fingerprint density at radius 3 is 2.17 bits per heavy atom. The molecule has 0 bridgehead atoms. The van der Waals surface area contributed by atoms with Gasteiger partial charge in [-0.3, -0.25) is 4.79 Å². The van der Waals surface area contributed by atoms with Crippen LogP contribution in [0.1, 0.15) is 49.7 Å². The molecule has 0 unspecified atom stereocenters. The molecule has 0 radical (unpaired) electrons. The number of hydrogen-bond donors (Lipinski definition) is 1. The maximum absolute atomic E-state index is 13.0. The van der Waals surface area contributed by atoms with Crippen LogP contribution in [-0.4, -0.2) is 71.3 Å². The fourth-order valence-corrected chi connectivity index (χ4v) is 4.20. The molecule has 0 saturated carbocycles. The highest BCUT2D eigenvalue weighted by Gasteiger charge is 2.30. The molecule has 1 amide bonds. The van der Waals surface area contributed by atoms with Crippen molar-refractivity contribution in [1.29, 1.82) is 0 Å². The Labute approximate surface area is 203 Å². The summed E-state index contributed by atoms with van der Waals surface area (Å²) in [5.41, 5.74) is -1.38. The minimum Gasteiger partial charge on any atom is -0.487 e. The van der Waals surface area contributed by atoms with Gasteiger partial charge in [-0.25, -0.2) is 18.0 Å². The average molecular weight is 508 g/mol. The van der Waals surface area contributed by atoms with E-state index in [9.17, 15) is 27.9 Å². The Morgan fingerprint density at radius 1 is 1.11 bits per heavy atom. The summed E-state index contributed by atoms with van der Waals surface area (Å²) in [7, 11) is -3.44. The number of likely N-dealkylation sites (tertiary alicyclic amines) is 1. The highest BCUT2D eigenvalue weighted by atomic mass is 32.2. The molecule has 1 N–H and O–H groups in total. The second-order valence-electron chi connectivity index (χ2n) is 9.38. The van der Waals surface area contributed by atoms with Crippen molar-refractivity contribution in [2.75, 3.05) is 19.3 Å². The topological polar surface area (TPSA) is 145 Å². The SMILES string of the molecule is Cc1c(OC2CCN(C(=O)OC(C)(C)C)CC2)c(C(=O)O)nn(-c2ccc(S(C)(=O)=O)cc2)c1=O. The van der Waals surface area contributed by atoms with Gasteiger partial charge in [-0.2, -0.15) is 9.78 Å². The van der Waals surface area contributed by atoms with Gasteiger partial charge in [0.05, 0.1) is 16.1 Å². The number of rotatable bonds is 5. The lowest BCUT2D eigenvalue weighted by Gasteiger charge is -2.33. The number of carboxylic acid groups (broad SMARTS) is 1. The van der Waals surface area contributed by atoms with E-state index in [-0.39, 0.29) is 21.9 Å². The first-order valence-electron chi connectivity index (χ1n) is 11.0. The Balaban J connectivity index is 1.84. The number of carbonyl (C=O) groups is 2. The molecule has 1 aromatic heterocycles. The zero-order valence-electron chi connectivity index (χ0n) is 20.3. The van der Waals surface area contributed by atoms with Crippen molar-refractivity contribution < 1.29 is 32.6 Å². The Bertz CT molecular complexity index is 1290. The van der Waals surface area contributed by atoms with E-state index in [2.05, 4.69) is 5.10 Å². The largest absolute Gasteiger partial charge is 0.487 e. The number of sulfone groups is 1. The fraction of sp³-hybridized carbons (Fsp3) is 0.478. The summed E-state index contributed by atoms with van der Waals surface area (Å²) in [5, 5.41) is 13.7. The summed E-state index contributed by atoms with van der Waals surface area (Å²) < 4.78 is 35.6. The van der Waals surface area contributed by atoms with Gasteiger partial charge in [0.1, 0.15) is 11.7 Å². The summed E-state index contributed by atoms with van der Waals surface area (Å²) in [4.78, 5) is 38.9. The lowest BCUT2D eigenvalue weighted by Crippen LogP contribution is -2.44. The number of aromatic nitrogens is 2. The van der Waals surface area contributed by atoms with Crippen LogP contribution in [0.4, 0.5) is 4.79 Å². The van der Waals surface area contributed by atoms with Gasteiger partial charge in [-0.05, 0) is 52.0 Å². The van der Waals surface area contributed by atoms with Crippen LogP contribution in [0.25, 0.3) is 5.69 Å². The van der Waals surface area contributed by atoms with E-state index in [1.165, 1.54) is 31.2 Å². The Kier molecular flexibility index (Phi) is 7.25. The number of nitrogens with zero attached hydrogens (tertiary/aromatic N) is 3. The summed E-state index contributed by atoms with van der Waals surface area (Å²) in [6.45, 7) is 7.52. The van der Waals surface area contributed by atoms with E-state index < -0.39 is 44.9 Å². The highest BCUT2D eigenvalue weighted by Crippen LogP contribution is 2.25. The molecule has 2 aromatic rings.